The van der Waals surface area contributed by atoms with Crippen LogP contribution < -0.4 is 10.9 Å². The van der Waals surface area contributed by atoms with Gasteiger partial charge in [0.25, 0.3) is 0 Å². The molecule has 3 aliphatic carbocycles. The maximum Gasteiger partial charge on any atom is 0.332 e. The molecule has 260 valence electrons. The van der Waals surface area contributed by atoms with Gasteiger partial charge in [0.05, 0.1) is 5.39 Å². The van der Waals surface area contributed by atoms with Gasteiger partial charge in [-0.25, -0.2) is 0 Å². The highest BCUT2D eigenvalue weighted by Crippen LogP contribution is 2.61. The minimum atomic E-state index is -0.0990. The Balaban J connectivity index is 1.16. The predicted molar refractivity (Wildman–Crippen MR) is 227 cm³/mol. The lowest BCUT2D eigenvalue weighted by atomic mass is 9.40. The van der Waals surface area contributed by atoms with Crippen LogP contribution in [0.1, 0.15) is 106 Å². The maximum absolute atomic E-state index is 6.94. The molecule has 0 bridgehead atoms. The van der Waals surface area contributed by atoms with Crippen molar-refractivity contribution in [2.45, 2.75) is 83.0 Å². The van der Waals surface area contributed by atoms with Gasteiger partial charge < -0.3 is 8.90 Å². The summed E-state index contributed by atoms with van der Waals surface area (Å²) in [5.41, 5.74) is 22.9. The van der Waals surface area contributed by atoms with E-state index in [1.807, 2.05) is 0 Å². The van der Waals surface area contributed by atoms with Gasteiger partial charge in [-0.2, -0.15) is 0 Å². The molecule has 8 aromatic rings. The molecule has 2 aliphatic heterocycles. The van der Waals surface area contributed by atoms with Crippen LogP contribution in [-0.4, -0.2) is 11.3 Å². The second kappa shape index (κ2) is 9.32. The van der Waals surface area contributed by atoms with Crippen LogP contribution in [0.3, 0.4) is 0 Å². The standard InChI is InChI=1S/C51H42BNO/c1-49(2)21-22-50(3,4)39-26-37-33(25-38(39)49)35-24-34-36-23-27-13-7-8-14-28(27)43-31-17-11-18-32-44-29-15-9-10-20-41(29)54-48(44)53(47(31)32)52(46(36)43)40-19-12-16-30(42(34)40)45(35)51(37,5)6/h7-20,23,25-26,34H,21-22,24H2,1-6H3. The van der Waals surface area contributed by atoms with Crippen molar-refractivity contribution in [3.8, 4) is 11.1 Å². The molecule has 1 atom stereocenters. The highest BCUT2D eigenvalue weighted by molar-refractivity contribution is 6.88. The Labute approximate surface area is 316 Å². The van der Waals surface area contributed by atoms with Gasteiger partial charge in [0, 0.05) is 33.2 Å². The Morgan fingerprint density at radius 1 is 0.667 bits per heavy atom. The number of hydrogen-bond acceptors (Lipinski definition) is 1. The summed E-state index contributed by atoms with van der Waals surface area (Å²) in [4.78, 5) is 0. The largest absolute Gasteiger partial charge is 0.441 e. The lowest BCUT2D eigenvalue weighted by molar-refractivity contribution is 0.331. The summed E-state index contributed by atoms with van der Waals surface area (Å²) in [5, 5.41) is 6.40. The smallest absolute Gasteiger partial charge is 0.332 e. The van der Waals surface area contributed by atoms with E-state index in [1.165, 1.54) is 95.2 Å². The van der Waals surface area contributed by atoms with E-state index in [0.29, 0.717) is 0 Å². The second-order valence-electron chi connectivity index (χ2n) is 19.0. The zero-order valence-electron chi connectivity index (χ0n) is 31.9. The van der Waals surface area contributed by atoms with Crippen molar-refractivity contribution in [1.82, 2.24) is 4.48 Å². The van der Waals surface area contributed by atoms with Crippen molar-refractivity contribution < 1.29 is 4.42 Å². The number of aromatic nitrogens is 1. The van der Waals surface area contributed by atoms with E-state index in [-0.39, 0.29) is 29.0 Å². The summed E-state index contributed by atoms with van der Waals surface area (Å²) in [6, 6.07) is 39.9. The fourth-order valence-electron chi connectivity index (χ4n) is 12.4. The van der Waals surface area contributed by atoms with Gasteiger partial charge >= 0.3 is 6.85 Å². The molecule has 2 nitrogen and oxygen atoms in total. The Morgan fingerprint density at radius 2 is 1.37 bits per heavy atom. The molecule has 0 saturated carbocycles. The molecule has 6 aromatic carbocycles. The van der Waals surface area contributed by atoms with E-state index in [1.54, 1.807) is 22.3 Å². The average Bonchev–Trinajstić information content (AvgIpc) is 3.78. The van der Waals surface area contributed by atoms with E-state index in [9.17, 15) is 0 Å². The Kier molecular flexibility index (Phi) is 5.20. The molecule has 0 radical (unpaired) electrons. The van der Waals surface area contributed by atoms with Gasteiger partial charge in [0.1, 0.15) is 5.58 Å². The highest BCUT2D eigenvalue weighted by atomic mass is 16.3. The van der Waals surface area contributed by atoms with Crippen molar-refractivity contribution in [2.75, 3.05) is 0 Å². The zero-order valence-corrected chi connectivity index (χ0v) is 31.9. The Hall–Kier alpha value is -5.28. The molecule has 4 heterocycles. The zero-order chi connectivity index (χ0) is 36.2. The predicted octanol–water partition coefficient (Wildman–Crippen LogP) is 11.7. The highest BCUT2D eigenvalue weighted by Gasteiger charge is 2.51. The summed E-state index contributed by atoms with van der Waals surface area (Å²) in [6.45, 7) is 14.9. The molecule has 3 heteroatoms. The van der Waals surface area contributed by atoms with Crippen LogP contribution >= 0.6 is 0 Å². The third-order valence-corrected chi connectivity index (χ3v) is 15.0. The van der Waals surface area contributed by atoms with Gasteiger partial charge in [-0.1, -0.05) is 139 Å². The minimum absolute atomic E-state index is 0.0178. The fourth-order valence-corrected chi connectivity index (χ4v) is 12.4. The third kappa shape index (κ3) is 3.31. The van der Waals surface area contributed by atoms with Gasteiger partial charge in [0.2, 0.25) is 0 Å². The molecule has 54 heavy (non-hydrogen) atoms. The number of allylic oxidation sites excluding steroid dienone is 2. The first-order chi connectivity index (χ1) is 26.0. The quantitative estimate of drug-likeness (QED) is 0.144. The van der Waals surface area contributed by atoms with Crippen LogP contribution in [0.5, 0.6) is 0 Å². The lowest BCUT2D eigenvalue weighted by Crippen LogP contribution is -2.57. The first-order valence-corrected chi connectivity index (χ1v) is 20.1. The molecular weight excluding hydrogens is 653 g/mol. The van der Waals surface area contributed by atoms with E-state index in [2.05, 4.69) is 149 Å². The van der Waals surface area contributed by atoms with Gasteiger partial charge in [-0.15, -0.1) is 0 Å². The van der Waals surface area contributed by atoms with E-state index in [4.69, 9.17) is 4.42 Å². The third-order valence-electron chi connectivity index (χ3n) is 15.0. The first-order valence-electron chi connectivity index (χ1n) is 20.1. The topological polar surface area (TPSA) is 18.1 Å². The molecule has 0 spiro atoms. The molecule has 5 aliphatic rings. The molecule has 0 N–H and O–H groups in total. The maximum atomic E-state index is 6.94. The normalized spacial score (nSPS) is 20.3. The summed E-state index contributed by atoms with van der Waals surface area (Å²) in [6.07, 6.45) is 3.49. The number of para-hydroxylation sites is 2. The lowest BCUT2D eigenvalue weighted by Gasteiger charge is -2.43. The molecule has 0 amide bonds. The number of benzene rings is 6. The van der Waals surface area contributed by atoms with Crippen LogP contribution in [0.25, 0.3) is 66.0 Å². The molecule has 1 unspecified atom stereocenters. The summed E-state index contributed by atoms with van der Waals surface area (Å²) >= 11 is 0. The average molecular weight is 696 g/mol. The van der Waals surface area contributed by atoms with Gasteiger partial charge in [-0.3, -0.25) is 0 Å². The first kappa shape index (κ1) is 30.1. The van der Waals surface area contributed by atoms with Crippen molar-refractivity contribution >= 4 is 72.7 Å². The molecular formula is C51H42BNO. The van der Waals surface area contributed by atoms with Crippen LogP contribution in [0, 0.1) is 0 Å². The van der Waals surface area contributed by atoms with Gasteiger partial charge in [0.15, 0.2) is 5.71 Å². The summed E-state index contributed by atoms with van der Waals surface area (Å²) < 4.78 is 9.54. The van der Waals surface area contributed by atoms with Crippen LogP contribution in [-0.2, 0) is 16.2 Å². The van der Waals surface area contributed by atoms with E-state index in [0.717, 1.165) is 17.7 Å². The van der Waals surface area contributed by atoms with Crippen molar-refractivity contribution in [2.24, 2.45) is 0 Å². The number of hydrogen-bond donors (Lipinski definition) is 0. The summed E-state index contributed by atoms with van der Waals surface area (Å²) in [7, 11) is 0. The Bertz CT molecular complexity index is 3120. The SMILES string of the molecule is CC1(C)CCC(C)(C)c2cc3c(cc21)C1=C(c2cccc4c2C(C1)c1cc2ccccc2c2c1B4n1c4oc5ccccc5c4c4cccc-2c41)C3(C)C. The monoisotopic (exact) mass is 695 g/mol. The Morgan fingerprint density at radius 3 is 2.20 bits per heavy atom. The number of rotatable bonds is 0. The number of nitrogens with zero attached hydrogens (tertiary/aromatic N) is 1. The fraction of sp³-hybridized carbons (Fsp3) is 0.255. The van der Waals surface area contributed by atoms with Gasteiger partial charge in [-0.05, 0) is 114 Å². The minimum Gasteiger partial charge on any atom is -0.441 e. The summed E-state index contributed by atoms with van der Waals surface area (Å²) in [5.74, 6) is 0.272. The van der Waals surface area contributed by atoms with E-state index >= 15 is 0 Å². The van der Waals surface area contributed by atoms with E-state index < -0.39 is 0 Å². The van der Waals surface area contributed by atoms with Crippen molar-refractivity contribution in [3.63, 3.8) is 0 Å². The van der Waals surface area contributed by atoms with Crippen molar-refractivity contribution in [1.29, 1.82) is 0 Å². The second-order valence-corrected chi connectivity index (χ2v) is 19.0. The molecule has 0 fully saturated rings. The molecule has 2 aromatic heterocycles. The van der Waals surface area contributed by atoms with Crippen LogP contribution in [0.4, 0.5) is 0 Å². The molecule has 13 rings (SSSR count). The van der Waals surface area contributed by atoms with Crippen molar-refractivity contribution in [3.05, 3.63) is 142 Å². The number of fused-ring (bicyclic) bond motifs is 15. The van der Waals surface area contributed by atoms with Crippen LogP contribution in [0.15, 0.2) is 108 Å². The van der Waals surface area contributed by atoms with Crippen LogP contribution in [0.2, 0.25) is 0 Å². The number of furan rings is 1. The molecule has 0 saturated heterocycles.